The lowest BCUT2D eigenvalue weighted by Crippen LogP contribution is -2.11. The molecule has 0 aliphatic rings. The number of allylic oxidation sites excluding steroid dienone is 1. The number of thioether (sulfide) groups is 1. The van der Waals surface area contributed by atoms with Crippen molar-refractivity contribution in [2.45, 2.75) is 31.0 Å². The van der Waals surface area contributed by atoms with Crippen LogP contribution in [0.5, 0.6) is 5.75 Å². The maximum Gasteiger partial charge on any atom is 0.258 e. The highest BCUT2D eigenvalue weighted by molar-refractivity contribution is 7.98. The molecule has 7 nitrogen and oxygen atoms in total. The quantitative estimate of drug-likeness (QED) is 0.311. The van der Waals surface area contributed by atoms with Crippen LogP contribution in [0.25, 0.3) is 10.9 Å². The summed E-state index contributed by atoms with van der Waals surface area (Å²) in [5.74, 6) is 2.43. The van der Waals surface area contributed by atoms with Gasteiger partial charge in [0.15, 0.2) is 11.0 Å². The number of aromatic amines is 1. The van der Waals surface area contributed by atoms with Gasteiger partial charge in [0.25, 0.3) is 5.56 Å². The van der Waals surface area contributed by atoms with Gasteiger partial charge in [-0.05, 0) is 42.8 Å². The fourth-order valence-electron chi connectivity index (χ4n) is 3.06. The van der Waals surface area contributed by atoms with Crippen molar-refractivity contribution in [2.24, 2.45) is 0 Å². The second-order valence-electron chi connectivity index (χ2n) is 6.87. The van der Waals surface area contributed by atoms with E-state index < -0.39 is 0 Å². The van der Waals surface area contributed by atoms with Crippen molar-refractivity contribution >= 4 is 34.3 Å². The van der Waals surface area contributed by atoms with E-state index >= 15 is 0 Å². The molecule has 0 bridgehead atoms. The van der Waals surface area contributed by atoms with Crippen molar-refractivity contribution in [3.8, 4) is 5.75 Å². The topological polar surface area (TPSA) is 85.7 Å². The molecule has 0 fully saturated rings. The van der Waals surface area contributed by atoms with Gasteiger partial charge >= 0.3 is 0 Å². The molecule has 158 valence electrons. The summed E-state index contributed by atoms with van der Waals surface area (Å²) in [4.78, 5) is 19.7. The number of aryl methyl sites for hydroxylation is 1. The normalized spacial score (nSPS) is 11.0. The molecule has 2 aromatic heterocycles. The number of nitrogens with one attached hydrogen (secondary N) is 1. The number of benzene rings is 2. The largest absolute Gasteiger partial charge is 0.486 e. The summed E-state index contributed by atoms with van der Waals surface area (Å²) in [5.41, 5.74) is 1.49. The molecule has 1 N–H and O–H groups in total. The Morgan fingerprint density at radius 3 is 2.94 bits per heavy atom. The van der Waals surface area contributed by atoms with Gasteiger partial charge in [-0.2, -0.15) is 0 Å². The predicted octanol–water partition coefficient (Wildman–Crippen LogP) is 4.53. The van der Waals surface area contributed by atoms with Crippen molar-refractivity contribution < 1.29 is 4.74 Å². The molecule has 0 aliphatic heterocycles. The van der Waals surface area contributed by atoms with Crippen molar-refractivity contribution in [3.05, 3.63) is 87.7 Å². The second kappa shape index (κ2) is 9.36. The van der Waals surface area contributed by atoms with Gasteiger partial charge in [0, 0.05) is 11.6 Å². The third kappa shape index (κ3) is 4.98. The molecule has 2 aromatic carbocycles. The lowest BCUT2D eigenvalue weighted by molar-refractivity contribution is 0.289. The molecule has 0 aliphatic carbocycles. The van der Waals surface area contributed by atoms with Crippen LogP contribution in [0.3, 0.4) is 0 Å². The highest BCUT2D eigenvalue weighted by atomic mass is 35.5. The molecule has 0 unspecified atom stereocenters. The Morgan fingerprint density at radius 1 is 1.26 bits per heavy atom. The van der Waals surface area contributed by atoms with Gasteiger partial charge in [0.1, 0.15) is 18.2 Å². The van der Waals surface area contributed by atoms with Crippen molar-refractivity contribution in [1.82, 2.24) is 24.7 Å². The number of nitrogens with zero attached hydrogens (tertiary/aromatic N) is 4. The standard InChI is InChI=1S/C22H20ClN5O2S/c1-3-9-28-20(12-30-16-6-4-5-14(2)10-16)26-27-22(28)31-13-19-24-18-11-15(23)7-8-17(18)21(29)25-19/h3-8,10-11H,1,9,12-13H2,2H3,(H,24,25,29). The predicted molar refractivity (Wildman–Crippen MR) is 123 cm³/mol. The molecule has 0 radical (unpaired) electrons. The van der Waals surface area contributed by atoms with Crippen LogP contribution < -0.4 is 10.3 Å². The third-order valence-electron chi connectivity index (χ3n) is 4.52. The number of ether oxygens (including phenoxy) is 1. The molecule has 31 heavy (non-hydrogen) atoms. The van der Waals surface area contributed by atoms with E-state index in [4.69, 9.17) is 16.3 Å². The average molecular weight is 454 g/mol. The Balaban J connectivity index is 1.51. The van der Waals surface area contributed by atoms with Gasteiger partial charge in [0.2, 0.25) is 0 Å². The summed E-state index contributed by atoms with van der Waals surface area (Å²) in [6.45, 7) is 6.66. The van der Waals surface area contributed by atoms with Crippen LogP contribution in [-0.2, 0) is 18.9 Å². The monoisotopic (exact) mass is 453 g/mol. The maximum absolute atomic E-state index is 12.3. The summed E-state index contributed by atoms with van der Waals surface area (Å²) >= 11 is 7.46. The summed E-state index contributed by atoms with van der Waals surface area (Å²) in [6.07, 6.45) is 1.78. The Labute approximate surface area is 188 Å². The van der Waals surface area contributed by atoms with E-state index in [2.05, 4.69) is 26.7 Å². The zero-order chi connectivity index (χ0) is 21.8. The van der Waals surface area contributed by atoms with Gasteiger partial charge in [-0.15, -0.1) is 16.8 Å². The van der Waals surface area contributed by atoms with Crippen LogP contribution in [-0.4, -0.2) is 24.7 Å². The van der Waals surface area contributed by atoms with E-state index in [1.54, 1.807) is 24.3 Å². The fraction of sp³-hybridized carbons (Fsp3) is 0.182. The van der Waals surface area contributed by atoms with Gasteiger partial charge in [-0.25, -0.2) is 4.98 Å². The molecule has 0 spiro atoms. The van der Waals surface area contributed by atoms with Crippen molar-refractivity contribution in [3.63, 3.8) is 0 Å². The second-order valence-corrected chi connectivity index (χ2v) is 8.24. The number of halogens is 1. The Kier molecular flexibility index (Phi) is 6.39. The minimum atomic E-state index is -0.197. The average Bonchev–Trinajstić information content (AvgIpc) is 3.12. The third-order valence-corrected chi connectivity index (χ3v) is 5.73. The SMILES string of the molecule is C=CCn1c(COc2cccc(C)c2)nnc1SCc1nc2cc(Cl)ccc2c(=O)[nH]1. The van der Waals surface area contributed by atoms with Gasteiger partial charge in [-0.1, -0.05) is 41.6 Å². The molecular formula is C22H20ClN5O2S. The lowest BCUT2D eigenvalue weighted by atomic mass is 10.2. The fourth-order valence-corrected chi connectivity index (χ4v) is 4.06. The molecule has 4 rings (SSSR count). The first kappa shape index (κ1) is 21.1. The Hall–Kier alpha value is -3.10. The minimum absolute atomic E-state index is 0.197. The summed E-state index contributed by atoms with van der Waals surface area (Å²) in [7, 11) is 0. The Bertz CT molecular complexity index is 1300. The van der Waals surface area contributed by atoms with Crippen LogP contribution in [0, 0.1) is 6.92 Å². The van der Waals surface area contributed by atoms with Crippen LogP contribution in [0.15, 0.2) is 65.1 Å². The molecule has 0 saturated heterocycles. The first-order valence-corrected chi connectivity index (χ1v) is 10.9. The number of aromatic nitrogens is 5. The maximum atomic E-state index is 12.3. The first-order chi connectivity index (χ1) is 15.0. The number of H-pyrrole nitrogens is 1. The first-order valence-electron chi connectivity index (χ1n) is 9.57. The minimum Gasteiger partial charge on any atom is -0.486 e. The van der Waals surface area contributed by atoms with Crippen LogP contribution in [0.1, 0.15) is 17.2 Å². The van der Waals surface area contributed by atoms with E-state index in [1.165, 1.54) is 11.8 Å². The van der Waals surface area contributed by atoms with Crippen LogP contribution in [0.4, 0.5) is 0 Å². The molecule has 2 heterocycles. The number of fused-ring (bicyclic) bond motifs is 1. The van der Waals surface area contributed by atoms with Gasteiger partial charge in [-0.3, -0.25) is 9.36 Å². The number of hydrogen-bond donors (Lipinski definition) is 1. The van der Waals surface area contributed by atoms with Gasteiger partial charge in [0.05, 0.1) is 16.7 Å². The molecule has 9 heteroatoms. The van der Waals surface area contributed by atoms with Crippen molar-refractivity contribution in [2.75, 3.05) is 0 Å². The molecule has 0 saturated carbocycles. The molecule has 0 amide bonds. The Morgan fingerprint density at radius 2 is 2.13 bits per heavy atom. The summed E-state index contributed by atoms with van der Waals surface area (Å²) < 4.78 is 7.81. The van der Waals surface area contributed by atoms with E-state index in [0.29, 0.717) is 45.0 Å². The molecule has 4 aromatic rings. The van der Waals surface area contributed by atoms with Crippen molar-refractivity contribution in [1.29, 1.82) is 0 Å². The van der Waals surface area contributed by atoms with E-state index in [0.717, 1.165) is 11.3 Å². The highest BCUT2D eigenvalue weighted by Crippen LogP contribution is 2.23. The van der Waals surface area contributed by atoms with E-state index in [-0.39, 0.29) is 12.2 Å². The molecule has 0 atom stereocenters. The van der Waals surface area contributed by atoms with E-state index in [1.807, 2.05) is 35.8 Å². The van der Waals surface area contributed by atoms with Crippen LogP contribution >= 0.6 is 23.4 Å². The van der Waals surface area contributed by atoms with Gasteiger partial charge < -0.3 is 9.72 Å². The smallest absolute Gasteiger partial charge is 0.258 e. The lowest BCUT2D eigenvalue weighted by Gasteiger charge is -2.09. The summed E-state index contributed by atoms with van der Waals surface area (Å²) in [5, 5.41) is 10.3. The highest BCUT2D eigenvalue weighted by Gasteiger charge is 2.14. The zero-order valence-electron chi connectivity index (χ0n) is 16.8. The zero-order valence-corrected chi connectivity index (χ0v) is 18.4. The number of hydrogen-bond acceptors (Lipinski definition) is 6. The van der Waals surface area contributed by atoms with E-state index in [9.17, 15) is 4.79 Å². The number of rotatable bonds is 8. The van der Waals surface area contributed by atoms with Crippen LogP contribution in [0.2, 0.25) is 5.02 Å². The molecular weight excluding hydrogens is 434 g/mol. The summed E-state index contributed by atoms with van der Waals surface area (Å²) in [6, 6.07) is 12.9.